The van der Waals surface area contributed by atoms with Gasteiger partial charge in [-0.3, -0.25) is 4.79 Å². The molecule has 1 aromatic heterocycles. The van der Waals surface area contributed by atoms with Gasteiger partial charge in [-0.25, -0.2) is 17.5 Å². The minimum Gasteiger partial charge on any atom is -0.462 e. The van der Waals surface area contributed by atoms with Crippen LogP contribution in [0.25, 0.3) is 6.08 Å². The predicted octanol–water partition coefficient (Wildman–Crippen LogP) is 2.03. The smallest absolute Gasteiger partial charge is 0.331 e. The van der Waals surface area contributed by atoms with Gasteiger partial charge in [-0.15, -0.1) is 0 Å². The fourth-order valence-corrected chi connectivity index (χ4v) is 2.97. The molecule has 0 atom stereocenters. The van der Waals surface area contributed by atoms with Crippen molar-refractivity contribution in [2.45, 2.75) is 11.8 Å². The molecular formula is C18H20N2O6S. The first kappa shape index (κ1) is 20.4. The maximum Gasteiger partial charge on any atom is 0.331 e. The third-order valence-corrected chi connectivity index (χ3v) is 5.20. The van der Waals surface area contributed by atoms with E-state index in [9.17, 15) is 18.0 Å². The lowest BCUT2D eigenvalue weighted by Gasteiger charge is -2.12. The third kappa shape index (κ3) is 5.80. The number of amides is 1. The molecule has 1 N–H and O–H groups in total. The van der Waals surface area contributed by atoms with Crippen molar-refractivity contribution in [3.8, 4) is 0 Å². The number of anilines is 1. The molecule has 0 saturated carbocycles. The summed E-state index contributed by atoms with van der Waals surface area (Å²) in [5.74, 6) is -0.0955. The lowest BCUT2D eigenvalue weighted by atomic mass is 10.3. The minimum absolute atomic E-state index is 0.0407. The normalized spacial score (nSPS) is 11.7. The standard InChI is InChI=1S/C18H20N2O6S/c1-13-7-8-15(26-13)9-10-18(22)25-12-17(21)19-14-5-4-6-16(11-14)27(23,24)20(2)3/h4-11H,12H2,1-3H3,(H,19,21). The molecule has 8 nitrogen and oxygen atoms in total. The fraction of sp³-hybridized carbons (Fsp3) is 0.222. The average molecular weight is 392 g/mol. The average Bonchev–Trinajstić information content (AvgIpc) is 3.03. The van der Waals surface area contributed by atoms with Crippen LogP contribution in [0.2, 0.25) is 0 Å². The molecule has 0 aliphatic heterocycles. The van der Waals surface area contributed by atoms with Crippen LogP contribution < -0.4 is 5.32 Å². The number of esters is 1. The summed E-state index contributed by atoms with van der Waals surface area (Å²) in [6.07, 6.45) is 2.58. The number of ether oxygens (including phenoxy) is 1. The maximum absolute atomic E-state index is 12.1. The van der Waals surface area contributed by atoms with Gasteiger partial charge in [0, 0.05) is 25.9 Å². The fourth-order valence-electron chi connectivity index (χ4n) is 2.02. The molecular weight excluding hydrogens is 372 g/mol. The summed E-state index contributed by atoms with van der Waals surface area (Å²) >= 11 is 0. The zero-order chi connectivity index (χ0) is 20.0. The van der Waals surface area contributed by atoms with Crippen LogP contribution >= 0.6 is 0 Å². The molecule has 1 aromatic carbocycles. The van der Waals surface area contributed by atoms with Gasteiger partial charge < -0.3 is 14.5 Å². The number of carbonyl (C=O) groups is 2. The molecule has 0 spiro atoms. The second-order valence-electron chi connectivity index (χ2n) is 5.75. The highest BCUT2D eigenvalue weighted by molar-refractivity contribution is 7.89. The summed E-state index contributed by atoms with van der Waals surface area (Å²) in [6, 6.07) is 9.24. The van der Waals surface area contributed by atoms with E-state index in [4.69, 9.17) is 9.15 Å². The van der Waals surface area contributed by atoms with Crippen LogP contribution in [0.5, 0.6) is 0 Å². The number of hydrogen-bond donors (Lipinski definition) is 1. The van der Waals surface area contributed by atoms with Gasteiger partial charge >= 0.3 is 5.97 Å². The summed E-state index contributed by atoms with van der Waals surface area (Å²) in [5.41, 5.74) is 0.278. The Hall–Kier alpha value is -2.91. The minimum atomic E-state index is -3.61. The van der Waals surface area contributed by atoms with E-state index in [0.717, 1.165) is 10.4 Å². The molecule has 0 saturated heterocycles. The van der Waals surface area contributed by atoms with Gasteiger partial charge in [0.25, 0.3) is 5.91 Å². The molecule has 9 heteroatoms. The van der Waals surface area contributed by atoms with Gasteiger partial charge in [-0.1, -0.05) is 6.07 Å². The van der Waals surface area contributed by atoms with E-state index in [1.165, 1.54) is 44.4 Å². The Bertz CT molecular complexity index is 960. The Labute approximate surface area is 157 Å². The third-order valence-electron chi connectivity index (χ3n) is 3.39. The van der Waals surface area contributed by atoms with Gasteiger partial charge in [0.1, 0.15) is 11.5 Å². The predicted molar refractivity (Wildman–Crippen MR) is 99.4 cm³/mol. The molecule has 1 amide bonds. The number of sulfonamides is 1. The van der Waals surface area contributed by atoms with Crippen LogP contribution in [0.15, 0.2) is 51.8 Å². The molecule has 27 heavy (non-hydrogen) atoms. The number of carbonyl (C=O) groups excluding carboxylic acids is 2. The first-order chi connectivity index (χ1) is 12.7. The van der Waals surface area contributed by atoms with E-state index in [1.54, 1.807) is 19.1 Å². The Morgan fingerprint density at radius 1 is 1.22 bits per heavy atom. The second-order valence-corrected chi connectivity index (χ2v) is 7.90. The van der Waals surface area contributed by atoms with Crippen LogP contribution in [-0.4, -0.2) is 45.3 Å². The molecule has 0 aliphatic carbocycles. The number of aryl methyl sites for hydroxylation is 1. The van der Waals surface area contributed by atoms with E-state index in [1.807, 2.05) is 0 Å². The van der Waals surface area contributed by atoms with E-state index >= 15 is 0 Å². The van der Waals surface area contributed by atoms with Gasteiger partial charge in [0.15, 0.2) is 6.61 Å². The topological polar surface area (TPSA) is 106 Å². The van der Waals surface area contributed by atoms with Crippen molar-refractivity contribution < 1.29 is 27.2 Å². The van der Waals surface area contributed by atoms with Gasteiger partial charge in [0.2, 0.25) is 10.0 Å². The summed E-state index contributed by atoms with van der Waals surface area (Å²) < 4.78 is 35.4. The molecule has 1 heterocycles. The van der Waals surface area contributed by atoms with E-state index in [2.05, 4.69) is 5.32 Å². The van der Waals surface area contributed by atoms with E-state index in [0.29, 0.717) is 11.5 Å². The Balaban J connectivity index is 1.90. The van der Waals surface area contributed by atoms with Crippen molar-refractivity contribution in [1.82, 2.24) is 4.31 Å². The Morgan fingerprint density at radius 3 is 2.59 bits per heavy atom. The van der Waals surface area contributed by atoms with Crippen LogP contribution in [0.3, 0.4) is 0 Å². The number of rotatable bonds is 7. The summed E-state index contributed by atoms with van der Waals surface area (Å²) in [5, 5.41) is 2.48. The number of hydrogen-bond acceptors (Lipinski definition) is 6. The molecule has 0 bridgehead atoms. The zero-order valence-electron chi connectivity index (χ0n) is 15.1. The quantitative estimate of drug-likeness (QED) is 0.571. The molecule has 2 aromatic rings. The highest BCUT2D eigenvalue weighted by Gasteiger charge is 2.17. The van der Waals surface area contributed by atoms with Crippen molar-refractivity contribution in [3.63, 3.8) is 0 Å². The molecule has 2 rings (SSSR count). The largest absolute Gasteiger partial charge is 0.462 e. The number of nitrogens with one attached hydrogen (secondary N) is 1. The van der Waals surface area contributed by atoms with Crippen molar-refractivity contribution >= 4 is 33.7 Å². The molecule has 0 radical (unpaired) electrons. The van der Waals surface area contributed by atoms with Gasteiger partial charge in [0.05, 0.1) is 4.90 Å². The SMILES string of the molecule is Cc1ccc(C=CC(=O)OCC(=O)Nc2cccc(S(=O)(=O)N(C)C)c2)o1. The highest BCUT2D eigenvalue weighted by Crippen LogP contribution is 2.17. The number of benzene rings is 1. The maximum atomic E-state index is 12.1. The van der Waals surface area contributed by atoms with Crippen molar-refractivity contribution in [2.24, 2.45) is 0 Å². The Morgan fingerprint density at radius 2 is 1.96 bits per heavy atom. The molecule has 0 unspecified atom stereocenters. The monoisotopic (exact) mass is 392 g/mol. The van der Waals surface area contributed by atoms with Crippen molar-refractivity contribution in [2.75, 3.05) is 26.0 Å². The number of furan rings is 1. The van der Waals surface area contributed by atoms with Crippen LogP contribution in [-0.2, 0) is 24.3 Å². The Kier molecular flexibility index (Phi) is 6.54. The molecule has 144 valence electrons. The first-order valence-corrected chi connectivity index (χ1v) is 9.36. The van der Waals surface area contributed by atoms with Crippen molar-refractivity contribution in [1.29, 1.82) is 0 Å². The summed E-state index contributed by atoms with van der Waals surface area (Å²) in [7, 11) is -0.786. The van der Waals surface area contributed by atoms with E-state index in [-0.39, 0.29) is 10.6 Å². The lowest BCUT2D eigenvalue weighted by molar-refractivity contribution is -0.142. The van der Waals surface area contributed by atoms with Gasteiger partial charge in [-0.05, 0) is 43.3 Å². The summed E-state index contributed by atoms with van der Waals surface area (Å²) in [4.78, 5) is 23.6. The molecule has 0 fully saturated rings. The summed E-state index contributed by atoms with van der Waals surface area (Å²) in [6.45, 7) is 1.27. The second kappa shape index (κ2) is 8.65. The van der Waals surface area contributed by atoms with Crippen LogP contribution in [0, 0.1) is 6.92 Å². The lowest BCUT2D eigenvalue weighted by Crippen LogP contribution is -2.23. The van der Waals surface area contributed by atoms with Crippen LogP contribution in [0.4, 0.5) is 5.69 Å². The zero-order valence-corrected chi connectivity index (χ0v) is 15.9. The van der Waals surface area contributed by atoms with Crippen LogP contribution in [0.1, 0.15) is 11.5 Å². The number of nitrogens with zero attached hydrogens (tertiary/aromatic N) is 1. The van der Waals surface area contributed by atoms with E-state index < -0.39 is 28.5 Å². The van der Waals surface area contributed by atoms with Gasteiger partial charge in [-0.2, -0.15) is 0 Å². The molecule has 0 aliphatic rings. The highest BCUT2D eigenvalue weighted by atomic mass is 32.2. The van der Waals surface area contributed by atoms with Crippen molar-refractivity contribution in [3.05, 3.63) is 54.0 Å². The first-order valence-electron chi connectivity index (χ1n) is 7.92.